The number of unbranched alkanes of at least 4 members (excludes halogenated alkanes) is 6. The lowest BCUT2D eigenvalue weighted by Gasteiger charge is -2.32. The predicted molar refractivity (Wildman–Crippen MR) is 134 cm³/mol. The van der Waals surface area contributed by atoms with E-state index in [4.69, 9.17) is 9.79 Å². The van der Waals surface area contributed by atoms with Crippen molar-refractivity contribution >= 4 is 30.2 Å². The van der Waals surface area contributed by atoms with Crippen molar-refractivity contribution in [2.24, 2.45) is 5.41 Å². The molecule has 0 fully saturated rings. The molecule has 204 valence electrons. The number of hydrogen-bond donors (Lipinski definition) is 7. The molecule has 34 heavy (non-hydrogen) atoms. The number of aliphatic hydroxyl groups is 1. The van der Waals surface area contributed by atoms with E-state index < -0.39 is 42.4 Å². The highest BCUT2D eigenvalue weighted by Crippen LogP contribution is 2.40. The van der Waals surface area contributed by atoms with Gasteiger partial charge in [-0.05, 0) is 12.8 Å². The number of phosphoric acid groups is 1. The van der Waals surface area contributed by atoms with Gasteiger partial charge in [0.15, 0.2) is 0 Å². The van der Waals surface area contributed by atoms with E-state index in [2.05, 4.69) is 22.1 Å². The summed E-state index contributed by atoms with van der Waals surface area (Å²) in [5, 5.41) is 15.1. The highest BCUT2D eigenvalue weighted by molar-refractivity contribution is 8.24. The van der Waals surface area contributed by atoms with Crippen LogP contribution in [0.1, 0.15) is 78.6 Å². The lowest BCUT2D eigenvalue weighted by molar-refractivity contribution is -0.137. The first-order chi connectivity index (χ1) is 15.7. The molecule has 7 N–H and O–H groups in total. The lowest BCUT2D eigenvalue weighted by Crippen LogP contribution is -2.46. The molecule has 0 spiro atoms. The molecule has 13 heteroatoms. The topological polar surface area (TPSA) is 186 Å². The van der Waals surface area contributed by atoms with Crippen LogP contribution in [0.5, 0.6) is 0 Å². The van der Waals surface area contributed by atoms with Crippen LogP contribution in [-0.2, 0) is 18.7 Å². The number of carbonyl (C=O) groups excluding carboxylic acids is 2. The molecule has 0 aliphatic carbocycles. The van der Waals surface area contributed by atoms with E-state index >= 15 is 0 Å². The van der Waals surface area contributed by atoms with Gasteiger partial charge in [-0.2, -0.15) is 10.6 Å². The third kappa shape index (κ3) is 17.7. The molecule has 0 aromatic carbocycles. The van der Waals surface area contributed by atoms with Gasteiger partial charge in [0.25, 0.3) is 0 Å². The maximum Gasteiger partial charge on any atom is 0.469 e. The quantitative estimate of drug-likeness (QED) is 0.0914. The fourth-order valence-electron chi connectivity index (χ4n) is 3.09. The highest BCUT2D eigenvalue weighted by atomic mass is 32.3. The van der Waals surface area contributed by atoms with Gasteiger partial charge < -0.3 is 25.5 Å². The summed E-state index contributed by atoms with van der Waals surface area (Å²) in [4.78, 5) is 41.5. The van der Waals surface area contributed by atoms with Crippen LogP contribution < -0.4 is 10.6 Å². The second-order valence-electron chi connectivity index (χ2n) is 9.23. The summed E-state index contributed by atoms with van der Waals surface area (Å²) in [6.07, 6.45) is 6.54. The van der Waals surface area contributed by atoms with Gasteiger partial charge in [-0.15, -0.1) is 0 Å². The summed E-state index contributed by atoms with van der Waals surface area (Å²) in [5.41, 5.74) is -1.26. The van der Waals surface area contributed by atoms with E-state index in [-0.39, 0.29) is 31.2 Å². The Morgan fingerprint density at radius 3 is 2.09 bits per heavy atom. The first kappa shape index (κ1) is 33.3. The molecule has 2 amide bonds. The Bertz CT molecular complexity index is 644. The van der Waals surface area contributed by atoms with Gasteiger partial charge in [-0.1, -0.05) is 59.3 Å². The van der Waals surface area contributed by atoms with Crippen LogP contribution in [0.3, 0.4) is 0 Å². The number of rotatable bonds is 20. The van der Waals surface area contributed by atoms with Crippen molar-refractivity contribution in [1.29, 1.82) is 0 Å². The molecular weight excluding hydrogens is 487 g/mol. The molecule has 0 heterocycles. The zero-order valence-electron chi connectivity index (χ0n) is 20.7. The van der Waals surface area contributed by atoms with E-state index in [0.717, 1.165) is 19.3 Å². The van der Waals surface area contributed by atoms with Crippen LogP contribution in [0.2, 0.25) is 0 Å². The second-order valence-corrected chi connectivity index (χ2v) is 12.9. The summed E-state index contributed by atoms with van der Waals surface area (Å²) in [6, 6.07) is 0. The standard InChI is InChI=1S/C21H45N2O9PS/c1-4-5-6-7-8-9-10-15-34(30,31)16-11-13-22-18(24)12-14-23-20(26)19(25)21(2,3)17-32-33(27,28)29/h19,25,30-31H,4-17H2,1-3H3,(H,22,24)(H,23,26)(H2,27,28,29)/t19-/m0/s1. The minimum atomic E-state index is -4.73. The molecule has 0 aliphatic rings. The minimum absolute atomic E-state index is 0.0356. The second kappa shape index (κ2) is 16.9. The van der Waals surface area contributed by atoms with E-state index in [0.29, 0.717) is 12.2 Å². The van der Waals surface area contributed by atoms with Gasteiger partial charge in [0.1, 0.15) is 6.10 Å². The molecule has 0 aromatic rings. The summed E-state index contributed by atoms with van der Waals surface area (Å²) in [6.45, 7) is 4.71. The van der Waals surface area contributed by atoms with Crippen LogP contribution in [0.15, 0.2) is 0 Å². The Morgan fingerprint density at radius 2 is 1.50 bits per heavy atom. The van der Waals surface area contributed by atoms with Gasteiger partial charge in [0.2, 0.25) is 11.8 Å². The van der Waals surface area contributed by atoms with Crippen LogP contribution in [0.4, 0.5) is 0 Å². The predicted octanol–water partition coefficient (Wildman–Crippen LogP) is 3.00. The average Bonchev–Trinajstić information content (AvgIpc) is 2.73. The molecule has 11 nitrogen and oxygen atoms in total. The van der Waals surface area contributed by atoms with Gasteiger partial charge in [0, 0.05) is 36.4 Å². The Labute approximate surface area is 205 Å². The number of amides is 2. The monoisotopic (exact) mass is 532 g/mol. The van der Waals surface area contributed by atoms with Crippen LogP contribution in [0.25, 0.3) is 0 Å². The molecule has 0 bridgehead atoms. The van der Waals surface area contributed by atoms with Gasteiger partial charge in [0.05, 0.1) is 6.61 Å². The van der Waals surface area contributed by atoms with Crippen LogP contribution >= 0.6 is 18.4 Å². The first-order valence-electron chi connectivity index (χ1n) is 11.9. The maximum absolute atomic E-state index is 12.0. The SMILES string of the molecule is CCCCCCCCCS(O)(O)CCCNC(=O)CCNC(=O)[C@H](O)C(C)(C)COP(=O)(O)O. The Kier molecular flexibility index (Phi) is 16.5. The van der Waals surface area contributed by atoms with E-state index in [1.54, 1.807) is 0 Å². The Morgan fingerprint density at radius 1 is 0.941 bits per heavy atom. The smallest absolute Gasteiger partial charge is 0.383 e. The summed E-state index contributed by atoms with van der Waals surface area (Å²) in [5.74, 6) is -0.495. The zero-order valence-corrected chi connectivity index (χ0v) is 22.4. The van der Waals surface area contributed by atoms with E-state index in [1.165, 1.54) is 39.5 Å². The number of aliphatic hydroxyl groups excluding tert-OH is 1. The van der Waals surface area contributed by atoms with Gasteiger partial charge in [-0.25, -0.2) is 4.57 Å². The molecule has 0 rings (SSSR count). The minimum Gasteiger partial charge on any atom is -0.383 e. The molecule has 0 saturated heterocycles. The van der Waals surface area contributed by atoms with Crippen LogP contribution in [0, 0.1) is 5.41 Å². The average molecular weight is 533 g/mol. The number of phosphoric ester groups is 1. The van der Waals surface area contributed by atoms with Crippen molar-refractivity contribution in [1.82, 2.24) is 10.6 Å². The lowest BCUT2D eigenvalue weighted by atomic mass is 9.87. The normalized spacial score (nSPS) is 14.0. The fourth-order valence-corrected chi connectivity index (χ4v) is 5.07. The molecule has 0 aromatic heterocycles. The van der Waals surface area contributed by atoms with Crippen molar-refractivity contribution in [3.8, 4) is 0 Å². The maximum atomic E-state index is 12.0. The van der Waals surface area contributed by atoms with Crippen LogP contribution in [-0.4, -0.2) is 73.1 Å². The molecule has 0 unspecified atom stereocenters. The Hall–Kier alpha value is -0.720. The summed E-state index contributed by atoms with van der Waals surface area (Å²) in [7, 11) is -7.37. The largest absolute Gasteiger partial charge is 0.469 e. The molecule has 0 saturated carbocycles. The number of nitrogens with one attached hydrogen (secondary N) is 2. The van der Waals surface area contributed by atoms with Crippen molar-refractivity contribution in [3.63, 3.8) is 0 Å². The molecular formula is C21H45N2O9PS. The fraction of sp³-hybridized carbons (Fsp3) is 0.905. The molecule has 0 radical (unpaired) electrons. The van der Waals surface area contributed by atoms with E-state index in [9.17, 15) is 28.4 Å². The summed E-state index contributed by atoms with van der Waals surface area (Å²) < 4.78 is 35.4. The third-order valence-corrected chi connectivity index (χ3v) is 7.64. The highest BCUT2D eigenvalue weighted by Gasteiger charge is 2.35. The summed E-state index contributed by atoms with van der Waals surface area (Å²) >= 11 is 0. The zero-order chi connectivity index (χ0) is 26.3. The van der Waals surface area contributed by atoms with E-state index in [1.807, 2.05) is 0 Å². The van der Waals surface area contributed by atoms with Crippen molar-refractivity contribution in [2.45, 2.75) is 84.7 Å². The first-order valence-corrected chi connectivity index (χ1v) is 15.3. The number of hydrogen-bond acceptors (Lipinski definition) is 7. The third-order valence-electron chi connectivity index (χ3n) is 5.29. The van der Waals surface area contributed by atoms with Gasteiger partial charge in [-0.3, -0.25) is 23.2 Å². The molecule has 0 aliphatic heterocycles. The van der Waals surface area contributed by atoms with Crippen molar-refractivity contribution < 1.29 is 42.7 Å². The van der Waals surface area contributed by atoms with Crippen molar-refractivity contribution in [2.75, 3.05) is 31.2 Å². The van der Waals surface area contributed by atoms with Gasteiger partial charge >= 0.3 is 7.82 Å². The Balaban J connectivity index is 3.99. The molecule has 1 atom stereocenters. The van der Waals surface area contributed by atoms with Crippen molar-refractivity contribution in [3.05, 3.63) is 0 Å². The number of carbonyl (C=O) groups is 2.